The maximum Gasteiger partial charge on any atom is 0.416 e. The van der Waals surface area contributed by atoms with Gasteiger partial charge in [-0.25, -0.2) is 22.9 Å². The summed E-state index contributed by atoms with van der Waals surface area (Å²) in [4.78, 5) is 8.20. The maximum atomic E-state index is 14.1. The van der Waals surface area contributed by atoms with E-state index in [4.69, 9.17) is 5.14 Å². The van der Waals surface area contributed by atoms with E-state index in [9.17, 15) is 26.0 Å². The molecule has 4 rings (SSSR count). The van der Waals surface area contributed by atoms with E-state index >= 15 is 0 Å². The van der Waals surface area contributed by atoms with Gasteiger partial charge in [-0.05, 0) is 42.5 Å². The summed E-state index contributed by atoms with van der Waals surface area (Å²) in [5.41, 5.74) is -0.191. The lowest BCUT2D eigenvalue weighted by Crippen LogP contribution is -2.17. The molecule has 0 saturated heterocycles. The van der Waals surface area contributed by atoms with Gasteiger partial charge in [0.25, 0.3) is 10.0 Å². The van der Waals surface area contributed by atoms with E-state index in [1.165, 1.54) is 18.5 Å². The number of nitrogens with zero attached hydrogens (tertiary/aromatic N) is 3. The van der Waals surface area contributed by atoms with Gasteiger partial charge in [-0.3, -0.25) is 9.55 Å². The summed E-state index contributed by atoms with van der Waals surface area (Å²) in [5, 5.41) is 5.11. The Bertz CT molecular complexity index is 1360. The smallest absolute Gasteiger partial charge is 0.289 e. The van der Waals surface area contributed by atoms with E-state index in [2.05, 4.69) is 9.97 Å². The number of primary sulfonamides is 1. The van der Waals surface area contributed by atoms with Gasteiger partial charge in [0.15, 0.2) is 0 Å². The van der Waals surface area contributed by atoms with E-state index in [0.29, 0.717) is 10.9 Å². The molecule has 4 aromatic rings. The molecule has 2 aromatic heterocycles. The first-order valence-electron chi connectivity index (χ1n) is 8.38. The third-order valence-corrected chi connectivity index (χ3v) is 5.14. The molecule has 0 aliphatic heterocycles. The molecule has 0 amide bonds. The van der Waals surface area contributed by atoms with Gasteiger partial charge in [0.05, 0.1) is 16.8 Å². The van der Waals surface area contributed by atoms with Crippen LogP contribution in [0.15, 0.2) is 66.1 Å². The fourth-order valence-electron chi connectivity index (χ4n) is 3.04. The number of fused-ring (bicyclic) bond motifs is 1. The van der Waals surface area contributed by atoms with Crippen molar-refractivity contribution in [2.75, 3.05) is 0 Å². The van der Waals surface area contributed by atoms with Gasteiger partial charge in [0.2, 0.25) is 5.16 Å². The highest BCUT2D eigenvalue weighted by Gasteiger charge is 2.30. The van der Waals surface area contributed by atoms with Crippen molar-refractivity contribution in [1.29, 1.82) is 0 Å². The Morgan fingerprint density at radius 2 is 1.73 bits per heavy atom. The minimum atomic E-state index is -4.55. The second-order valence-electron chi connectivity index (χ2n) is 6.40. The summed E-state index contributed by atoms with van der Waals surface area (Å²) in [6.07, 6.45) is -1.81. The Kier molecular flexibility index (Phi) is 4.59. The zero-order valence-corrected chi connectivity index (χ0v) is 15.7. The molecule has 0 fully saturated rings. The summed E-state index contributed by atoms with van der Waals surface area (Å²) in [7, 11) is -4.36. The highest BCUT2D eigenvalue weighted by atomic mass is 32.2. The number of aromatic nitrogens is 3. The van der Waals surface area contributed by atoms with Gasteiger partial charge >= 0.3 is 6.18 Å². The third-order valence-electron chi connectivity index (χ3n) is 4.35. The number of halogens is 4. The second-order valence-corrected chi connectivity index (χ2v) is 7.85. The van der Waals surface area contributed by atoms with Gasteiger partial charge in [0.1, 0.15) is 5.82 Å². The van der Waals surface area contributed by atoms with Crippen molar-refractivity contribution >= 4 is 20.9 Å². The molecule has 0 spiro atoms. The first-order valence-corrected chi connectivity index (χ1v) is 9.93. The van der Waals surface area contributed by atoms with Crippen molar-refractivity contribution in [1.82, 2.24) is 14.5 Å². The van der Waals surface area contributed by atoms with E-state index in [0.717, 1.165) is 34.9 Å². The van der Waals surface area contributed by atoms with Gasteiger partial charge in [-0.1, -0.05) is 6.07 Å². The molecular weight excluding hydrogens is 424 g/mol. The van der Waals surface area contributed by atoms with Crippen molar-refractivity contribution in [3.63, 3.8) is 0 Å². The standard InChI is InChI=1S/C19H12F4N4O2S/c20-13-8-11-2-1-7-25-17(11)15(9-13)16-10-27(18(26-16)30(24,28)29)14-5-3-12(4-6-14)19(21,22)23/h1-10H,(H2,24,28,29). The van der Waals surface area contributed by atoms with E-state index in [1.54, 1.807) is 12.1 Å². The number of hydrogen-bond acceptors (Lipinski definition) is 4. The normalized spacial score (nSPS) is 12.4. The third kappa shape index (κ3) is 3.64. The number of hydrogen-bond donors (Lipinski definition) is 1. The number of rotatable bonds is 3. The Morgan fingerprint density at radius 3 is 2.37 bits per heavy atom. The van der Waals surface area contributed by atoms with Crippen LogP contribution in [0.5, 0.6) is 0 Å². The number of nitrogens with two attached hydrogens (primary N) is 1. The van der Waals surface area contributed by atoms with Gasteiger partial charge in [0, 0.05) is 29.0 Å². The molecule has 0 atom stereocenters. The molecule has 0 unspecified atom stereocenters. The van der Waals surface area contributed by atoms with Crippen LogP contribution in [0, 0.1) is 5.82 Å². The average molecular weight is 436 g/mol. The zero-order valence-electron chi connectivity index (χ0n) is 14.9. The molecule has 0 radical (unpaired) electrons. The first kappa shape index (κ1) is 20.0. The van der Waals surface area contributed by atoms with Crippen molar-refractivity contribution in [2.45, 2.75) is 11.3 Å². The molecule has 0 aliphatic rings. The summed E-state index contributed by atoms with van der Waals surface area (Å²) in [6, 6.07) is 9.43. The van der Waals surface area contributed by atoms with Crippen molar-refractivity contribution in [3.8, 4) is 16.9 Å². The molecule has 154 valence electrons. The van der Waals surface area contributed by atoms with Crippen LogP contribution in [0.1, 0.15) is 5.56 Å². The summed E-state index contributed by atoms with van der Waals surface area (Å²) in [6.45, 7) is 0. The number of alkyl halides is 3. The molecular formula is C19H12F4N4O2S. The Hall–Kier alpha value is -3.31. The Morgan fingerprint density at radius 1 is 1.03 bits per heavy atom. The van der Waals surface area contributed by atoms with Crippen LogP contribution in [0.3, 0.4) is 0 Å². The molecule has 2 N–H and O–H groups in total. The van der Waals surface area contributed by atoms with Crippen LogP contribution in [-0.2, 0) is 16.2 Å². The number of benzene rings is 2. The van der Waals surface area contributed by atoms with Gasteiger partial charge < -0.3 is 0 Å². The molecule has 2 heterocycles. The van der Waals surface area contributed by atoms with Gasteiger partial charge in [-0.15, -0.1) is 0 Å². The molecule has 2 aromatic carbocycles. The zero-order chi connectivity index (χ0) is 21.7. The van der Waals surface area contributed by atoms with Crippen LogP contribution < -0.4 is 5.14 Å². The van der Waals surface area contributed by atoms with Crippen LogP contribution >= 0.6 is 0 Å². The van der Waals surface area contributed by atoms with E-state index in [-0.39, 0.29) is 16.9 Å². The SMILES string of the molecule is NS(=O)(=O)c1nc(-c2cc(F)cc3cccnc23)cn1-c1ccc(C(F)(F)F)cc1. The Labute approximate surface area is 167 Å². The maximum absolute atomic E-state index is 14.1. The number of sulfonamides is 1. The minimum Gasteiger partial charge on any atom is -0.289 e. The lowest BCUT2D eigenvalue weighted by Gasteiger charge is -2.09. The predicted octanol–water partition coefficient (Wildman–Crippen LogP) is 3.89. The largest absolute Gasteiger partial charge is 0.416 e. The monoisotopic (exact) mass is 436 g/mol. The molecule has 0 aliphatic carbocycles. The van der Waals surface area contributed by atoms with Crippen molar-refractivity contribution < 1.29 is 26.0 Å². The fraction of sp³-hybridized carbons (Fsp3) is 0.0526. The van der Waals surface area contributed by atoms with E-state index < -0.39 is 32.7 Å². The number of pyridine rings is 1. The number of imidazole rings is 1. The summed E-state index contributed by atoms with van der Waals surface area (Å²) >= 11 is 0. The topological polar surface area (TPSA) is 90.9 Å². The summed E-state index contributed by atoms with van der Waals surface area (Å²) in [5.74, 6) is -0.591. The highest BCUT2D eigenvalue weighted by molar-refractivity contribution is 7.89. The predicted molar refractivity (Wildman–Crippen MR) is 101 cm³/mol. The molecule has 0 bridgehead atoms. The fourth-order valence-corrected chi connectivity index (χ4v) is 3.70. The average Bonchev–Trinajstić information content (AvgIpc) is 3.12. The minimum absolute atomic E-state index is 0.0436. The van der Waals surface area contributed by atoms with Crippen LogP contribution in [0.2, 0.25) is 0 Å². The molecule has 30 heavy (non-hydrogen) atoms. The Balaban J connectivity index is 1.93. The highest BCUT2D eigenvalue weighted by Crippen LogP contribution is 2.32. The second kappa shape index (κ2) is 6.89. The van der Waals surface area contributed by atoms with Crippen LogP contribution in [0.4, 0.5) is 17.6 Å². The quantitative estimate of drug-likeness (QED) is 0.494. The summed E-state index contributed by atoms with van der Waals surface area (Å²) < 4.78 is 77.7. The molecule has 11 heteroatoms. The lowest BCUT2D eigenvalue weighted by molar-refractivity contribution is -0.137. The van der Waals surface area contributed by atoms with Gasteiger partial charge in [-0.2, -0.15) is 13.2 Å². The van der Waals surface area contributed by atoms with Crippen LogP contribution in [0.25, 0.3) is 27.8 Å². The lowest BCUT2D eigenvalue weighted by atomic mass is 10.1. The first-order chi connectivity index (χ1) is 14.0. The molecule has 0 saturated carbocycles. The van der Waals surface area contributed by atoms with E-state index in [1.807, 2.05) is 0 Å². The van der Waals surface area contributed by atoms with Crippen LogP contribution in [-0.4, -0.2) is 23.0 Å². The van der Waals surface area contributed by atoms with Crippen molar-refractivity contribution in [2.24, 2.45) is 5.14 Å². The van der Waals surface area contributed by atoms with Crippen molar-refractivity contribution in [3.05, 3.63) is 72.3 Å². The molecule has 6 nitrogen and oxygen atoms in total.